The molecule has 0 fully saturated rings. The molecule has 0 aliphatic heterocycles. The molecule has 16 heavy (non-hydrogen) atoms. The maximum Gasteiger partial charge on any atom is 0.208 e. The predicted octanol–water partition coefficient (Wildman–Crippen LogP) is 2.11. The number of sulfonamides is 1. The number of hydrogen-bond donors (Lipinski definition) is 1. The Labute approximate surface area is 98.9 Å². The van der Waals surface area contributed by atoms with E-state index in [2.05, 4.69) is 4.72 Å². The second kappa shape index (κ2) is 7.41. The van der Waals surface area contributed by atoms with Gasteiger partial charge in [0.2, 0.25) is 10.0 Å². The second-order valence-corrected chi connectivity index (χ2v) is 5.24. The van der Waals surface area contributed by atoms with Crippen molar-refractivity contribution in [1.82, 2.24) is 4.72 Å². The minimum atomic E-state index is -3.05. The molecule has 0 spiro atoms. The van der Waals surface area contributed by atoms with Gasteiger partial charge in [0.1, 0.15) is 0 Å². The summed E-state index contributed by atoms with van der Waals surface area (Å²) < 4.78 is 24.0. The van der Waals surface area contributed by atoms with Crippen molar-refractivity contribution < 1.29 is 8.42 Å². The zero-order chi connectivity index (χ0) is 12.6. The molecule has 0 radical (unpaired) electrons. The normalized spacial score (nSPS) is 10.5. The molecule has 0 aliphatic carbocycles. The highest BCUT2D eigenvalue weighted by atomic mass is 32.2. The third-order valence-corrected chi connectivity index (χ3v) is 2.63. The van der Waals surface area contributed by atoms with Crippen LogP contribution in [-0.2, 0) is 16.4 Å². The lowest BCUT2D eigenvalue weighted by molar-refractivity contribution is 0.588. The van der Waals surface area contributed by atoms with E-state index in [-0.39, 0.29) is 0 Å². The van der Waals surface area contributed by atoms with Gasteiger partial charge in [-0.15, -0.1) is 0 Å². The summed E-state index contributed by atoms with van der Waals surface area (Å²) in [6, 6.07) is 8.07. The molecule has 0 unspecified atom stereocenters. The molecule has 0 atom stereocenters. The largest absolute Gasteiger partial charge is 0.215 e. The van der Waals surface area contributed by atoms with Crippen LogP contribution < -0.4 is 4.72 Å². The van der Waals surface area contributed by atoms with Gasteiger partial charge < -0.3 is 0 Å². The van der Waals surface area contributed by atoms with E-state index >= 15 is 0 Å². The quantitative estimate of drug-likeness (QED) is 0.880. The fourth-order valence-corrected chi connectivity index (χ4v) is 1.61. The predicted molar refractivity (Wildman–Crippen MR) is 69.1 cm³/mol. The summed E-state index contributed by atoms with van der Waals surface area (Å²) >= 11 is 0. The van der Waals surface area contributed by atoms with Crippen LogP contribution in [0.15, 0.2) is 24.3 Å². The number of rotatable bonds is 4. The molecule has 4 heteroatoms. The van der Waals surface area contributed by atoms with Crippen LogP contribution in [0, 0.1) is 6.92 Å². The molecule has 0 aromatic heterocycles. The maximum atomic E-state index is 10.8. The average Bonchev–Trinajstić information content (AvgIpc) is 2.22. The van der Waals surface area contributed by atoms with Gasteiger partial charge in [0.25, 0.3) is 0 Å². The Morgan fingerprint density at radius 2 is 1.62 bits per heavy atom. The summed E-state index contributed by atoms with van der Waals surface area (Å²) in [4.78, 5) is 0. The first-order valence-electron chi connectivity index (χ1n) is 5.47. The van der Waals surface area contributed by atoms with Crippen LogP contribution in [0.25, 0.3) is 0 Å². The fourth-order valence-electron chi connectivity index (χ4n) is 1.14. The third-order valence-electron chi connectivity index (χ3n) is 1.90. The molecule has 1 aromatic rings. The summed E-state index contributed by atoms with van der Waals surface area (Å²) in [6.45, 7) is 6.49. The van der Waals surface area contributed by atoms with Crippen molar-refractivity contribution in [2.75, 3.05) is 12.8 Å². The van der Waals surface area contributed by atoms with Gasteiger partial charge in [0.05, 0.1) is 6.26 Å². The Morgan fingerprint density at radius 3 is 2.06 bits per heavy atom. The van der Waals surface area contributed by atoms with E-state index in [4.69, 9.17) is 0 Å². The third kappa shape index (κ3) is 7.43. The molecule has 3 nitrogen and oxygen atoms in total. The molecule has 0 bridgehead atoms. The maximum absolute atomic E-state index is 10.8. The molecule has 0 aliphatic rings. The van der Waals surface area contributed by atoms with Gasteiger partial charge in [-0.1, -0.05) is 43.7 Å². The van der Waals surface area contributed by atoms with Crippen molar-refractivity contribution in [3.63, 3.8) is 0 Å². The van der Waals surface area contributed by atoms with Crippen LogP contribution in [0.4, 0.5) is 0 Å². The molecule has 0 saturated carbocycles. The van der Waals surface area contributed by atoms with E-state index in [1.165, 1.54) is 11.8 Å². The van der Waals surface area contributed by atoms with Crippen LogP contribution in [-0.4, -0.2) is 21.2 Å². The Morgan fingerprint density at radius 1 is 1.12 bits per heavy atom. The van der Waals surface area contributed by atoms with Crippen LogP contribution in [0.3, 0.4) is 0 Å². The monoisotopic (exact) mass is 243 g/mol. The molecule has 1 rings (SSSR count). The van der Waals surface area contributed by atoms with Crippen molar-refractivity contribution >= 4 is 10.0 Å². The van der Waals surface area contributed by atoms with Gasteiger partial charge >= 0.3 is 0 Å². The van der Waals surface area contributed by atoms with Crippen LogP contribution in [0.1, 0.15) is 25.0 Å². The Balaban J connectivity index is 0.00000106. The highest BCUT2D eigenvalue weighted by Gasteiger charge is 1.99. The molecular formula is C12H21NO2S. The van der Waals surface area contributed by atoms with E-state index in [9.17, 15) is 8.42 Å². The Bertz CT molecular complexity index is 382. The van der Waals surface area contributed by atoms with Crippen LogP contribution in [0.5, 0.6) is 0 Å². The lowest BCUT2D eigenvalue weighted by atomic mass is 10.1. The summed E-state index contributed by atoms with van der Waals surface area (Å²) in [6.07, 6.45) is 1.90. The van der Waals surface area contributed by atoms with Gasteiger partial charge in [-0.25, -0.2) is 13.1 Å². The summed E-state index contributed by atoms with van der Waals surface area (Å²) in [7, 11) is -3.05. The minimum absolute atomic E-state index is 0.460. The van der Waals surface area contributed by atoms with Crippen molar-refractivity contribution in [3.05, 3.63) is 35.4 Å². The summed E-state index contributed by atoms with van der Waals surface area (Å²) in [5.74, 6) is 0. The molecular weight excluding hydrogens is 222 g/mol. The minimum Gasteiger partial charge on any atom is -0.215 e. The lowest BCUT2D eigenvalue weighted by Crippen LogP contribution is -2.24. The van der Waals surface area contributed by atoms with Crippen molar-refractivity contribution in [1.29, 1.82) is 0 Å². The standard InChI is InChI=1S/C10H15NO2S.C2H6/c1-9-3-5-10(6-4-9)7-8-11-14(2,12)13;1-2/h3-6,11H,7-8H2,1-2H3;1-2H3. The van der Waals surface area contributed by atoms with Gasteiger partial charge in [0.15, 0.2) is 0 Å². The van der Waals surface area contributed by atoms with E-state index in [1.54, 1.807) is 0 Å². The smallest absolute Gasteiger partial charge is 0.208 e. The van der Waals surface area contributed by atoms with Gasteiger partial charge in [-0.2, -0.15) is 0 Å². The molecule has 92 valence electrons. The topological polar surface area (TPSA) is 46.2 Å². The molecule has 1 N–H and O–H groups in total. The first-order chi connectivity index (χ1) is 7.47. The molecule has 1 aromatic carbocycles. The fraction of sp³-hybridized carbons (Fsp3) is 0.500. The molecule has 0 saturated heterocycles. The first-order valence-corrected chi connectivity index (χ1v) is 7.37. The molecule has 0 heterocycles. The Hall–Kier alpha value is -0.870. The van der Waals surface area contributed by atoms with E-state index < -0.39 is 10.0 Å². The van der Waals surface area contributed by atoms with Crippen molar-refractivity contribution in [2.24, 2.45) is 0 Å². The van der Waals surface area contributed by atoms with Gasteiger partial charge in [-0.05, 0) is 18.9 Å². The van der Waals surface area contributed by atoms with Crippen LogP contribution >= 0.6 is 0 Å². The number of nitrogens with one attached hydrogen (secondary N) is 1. The SMILES string of the molecule is CC.Cc1ccc(CCNS(C)(=O)=O)cc1. The number of benzene rings is 1. The van der Waals surface area contributed by atoms with Crippen molar-refractivity contribution in [3.8, 4) is 0 Å². The zero-order valence-corrected chi connectivity index (χ0v) is 11.3. The average molecular weight is 243 g/mol. The highest BCUT2D eigenvalue weighted by Crippen LogP contribution is 2.03. The number of hydrogen-bond acceptors (Lipinski definition) is 2. The summed E-state index contributed by atoms with van der Waals surface area (Å²) in [5, 5.41) is 0. The van der Waals surface area contributed by atoms with E-state index in [0.29, 0.717) is 6.54 Å². The molecule has 0 amide bonds. The number of aryl methyl sites for hydroxylation is 1. The summed E-state index contributed by atoms with van der Waals surface area (Å²) in [5.41, 5.74) is 2.36. The van der Waals surface area contributed by atoms with Gasteiger partial charge in [0, 0.05) is 6.54 Å². The lowest BCUT2D eigenvalue weighted by Gasteiger charge is -2.02. The van der Waals surface area contributed by atoms with E-state index in [1.807, 2.05) is 45.0 Å². The zero-order valence-electron chi connectivity index (χ0n) is 10.4. The van der Waals surface area contributed by atoms with Crippen LogP contribution in [0.2, 0.25) is 0 Å². The second-order valence-electron chi connectivity index (χ2n) is 3.40. The first kappa shape index (κ1) is 15.1. The van der Waals surface area contributed by atoms with Crippen molar-refractivity contribution in [2.45, 2.75) is 27.2 Å². The highest BCUT2D eigenvalue weighted by molar-refractivity contribution is 7.88. The van der Waals surface area contributed by atoms with E-state index in [0.717, 1.165) is 12.0 Å². The Kier molecular flexibility index (Phi) is 7.01. The van der Waals surface area contributed by atoms with Gasteiger partial charge in [-0.3, -0.25) is 0 Å².